The normalized spacial score (nSPS) is 30.3. The highest BCUT2D eigenvalue weighted by Gasteiger charge is 2.44. The topological polar surface area (TPSA) is 94.2 Å². The van der Waals surface area contributed by atoms with Crippen LogP contribution in [-0.2, 0) is 25.7 Å². The summed E-state index contributed by atoms with van der Waals surface area (Å²) >= 11 is 0. The van der Waals surface area contributed by atoms with Crippen molar-refractivity contribution in [2.45, 2.75) is 81.8 Å². The van der Waals surface area contributed by atoms with Gasteiger partial charge in [0.05, 0.1) is 43.8 Å². The van der Waals surface area contributed by atoms with Gasteiger partial charge in [-0.1, -0.05) is 0 Å². The highest BCUT2D eigenvalue weighted by atomic mass is 32.2. The fourth-order valence-corrected chi connectivity index (χ4v) is 6.26. The number of fused-ring (bicyclic) bond motifs is 8. The van der Waals surface area contributed by atoms with Crippen LogP contribution in [0.3, 0.4) is 0 Å². The number of hydrogen-bond donors (Lipinski definition) is 1. The van der Waals surface area contributed by atoms with Gasteiger partial charge in [-0.2, -0.15) is 13.2 Å². The van der Waals surface area contributed by atoms with Crippen LogP contribution in [0.1, 0.15) is 62.5 Å². The summed E-state index contributed by atoms with van der Waals surface area (Å²) in [4.78, 5) is 14.5. The van der Waals surface area contributed by atoms with E-state index in [1.54, 1.807) is 6.07 Å². The molecule has 1 N–H and O–H groups in total. The molecule has 12 heteroatoms. The summed E-state index contributed by atoms with van der Waals surface area (Å²) in [5.41, 5.74) is -0.140. The number of alkyl halides is 3. The minimum atomic E-state index is -4.48. The third kappa shape index (κ3) is 6.63. The SMILES string of the molecule is C[C@@H]1C[C@H](NS(C)(=O)=O)C2COC3CCC(CC3)c3cc(cc(C(F)(F)F)c3)OCCCOC(=O)N21. The van der Waals surface area contributed by atoms with E-state index < -0.39 is 39.9 Å². The van der Waals surface area contributed by atoms with Gasteiger partial charge in [-0.05, 0) is 68.7 Å². The lowest BCUT2D eigenvalue weighted by Gasteiger charge is -2.33. The van der Waals surface area contributed by atoms with Crippen LogP contribution in [0.4, 0.5) is 18.0 Å². The van der Waals surface area contributed by atoms with Gasteiger partial charge in [0.25, 0.3) is 0 Å². The van der Waals surface area contributed by atoms with E-state index in [1.807, 2.05) is 6.92 Å². The van der Waals surface area contributed by atoms with Gasteiger partial charge in [0.1, 0.15) is 5.75 Å². The van der Waals surface area contributed by atoms with Crippen LogP contribution in [0, 0.1) is 0 Å². The van der Waals surface area contributed by atoms with Crippen LogP contribution in [0.25, 0.3) is 0 Å². The van der Waals surface area contributed by atoms with E-state index in [1.165, 1.54) is 11.0 Å². The lowest BCUT2D eigenvalue weighted by Crippen LogP contribution is -2.50. The molecule has 1 aliphatic carbocycles. The van der Waals surface area contributed by atoms with Crippen molar-refractivity contribution >= 4 is 16.1 Å². The summed E-state index contributed by atoms with van der Waals surface area (Å²) < 4.78 is 84.2. The zero-order valence-corrected chi connectivity index (χ0v) is 21.2. The summed E-state index contributed by atoms with van der Waals surface area (Å²) in [5, 5.41) is 0. The molecule has 4 aliphatic rings. The fraction of sp³-hybridized carbons (Fsp3) is 0.708. The Morgan fingerprint density at radius 3 is 2.42 bits per heavy atom. The number of carbonyl (C=O) groups excluding carboxylic acids is 1. The number of benzene rings is 1. The number of ether oxygens (including phenoxy) is 3. The number of hydrogen-bond acceptors (Lipinski definition) is 6. The second-order valence-corrected chi connectivity index (χ2v) is 11.7. The molecule has 1 amide bonds. The lowest BCUT2D eigenvalue weighted by molar-refractivity contribution is -0.137. The first-order valence-corrected chi connectivity index (χ1v) is 14.2. The predicted octanol–water partition coefficient (Wildman–Crippen LogP) is 4.05. The van der Waals surface area contributed by atoms with E-state index in [0.29, 0.717) is 37.7 Å². The summed E-state index contributed by atoms with van der Waals surface area (Å²) in [6, 6.07) is 2.58. The maximum atomic E-state index is 13.5. The maximum absolute atomic E-state index is 13.5. The van der Waals surface area contributed by atoms with E-state index in [9.17, 15) is 26.4 Å². The van der Waals surface area contributed by atoms with Crippen molar-refractivity contribution in [3.63, 3.8) is 0 Å². The summed E-state index contributed by atoms with van der Waals surface area (Å²) in [6.45, 7) is 2.07. The van der Waals surface area contributed by atoms with Gasteiger partial charge in [-0.25, -0.2) is 17.9 Å². The number of halogens is 3. The second-order valence-electron chi connectivity index (χ2n) is 9.97. The molecule has 3 aliphatic heterocycles. The molecular weight excluding hydrogens is 501 g/mol. The fourth-order valence-electron chi connectivity index (χ4n) is 5.46. The van der Waals surface area contributed by atoms with Crippen molar-refractivity contribution in [2.24, 2.45) is 0 Å². The Hall–Kier alpha value is -2.05. The molecule has 4 bridgehead atoms. The maximum Gasteiger partial charge on any atom is 0.416 e. The summed E-state index contributed by atoms with van der Waals surface area (Å²) in [7, 11) is -3.51. The molecule has 202 valence electrons. The Morgan fingerprint density at radius 2 is 1.75 bits per heavy atom. The van der Waals surface area contributed by atoms with Crippen LogP contribution < -0.4 is 9.46 Å². The predicted molar refractivity (Wildman–Crippen MR) is 125 cm³/mol. The molecule has 8 nitrogen and oxygen atoms in total. The number of sulfonamides is 1. The van der Waals surface area contributed by atoms with E-state index >= 15 is 0 Å². The number of amides is 1. The molecule has 1 aromatic carbocycles. The van der Waals surface area contributed by atoms with E-state index in [-0.39, 0.29) is 50.1 Å². The van der Waals surface area contributed by atoms with Crippen molar-refractivity contribution in [1.29, 1.82) is 0 Å². The van der Waals surface area contributed by atoms with Crippen LogP contribution in [0.15, 0.2) is 18.2 Å². The Labute approximate surface area is 209 Å². The zero-order valence-electron chi connectivity index (χ0n) is 20.4. The lowest BCUT2D eigenvalue weighted by atomic mass is 9.82. The number of nitrogens with one attached hydrogen (secondary N) is 1. The van der Waals surface area contributed by atoms with Crippen LogP contribution in [-0.4, -0.2) is 69.7 Å². The molecule has 0 aromatic heterocycles. The van der Waals surface area contributed by atoms with E-state index in [0.717, 1.165) is 12.3 Å². The molecular formula is C24H33F3N2O6S. The molecule has 3 atom stereocenters. The molecule has 5 rings (SSSR count). The highest BCUT2D eigenvalue weighted by Crippen LogP contribution is 2.40. The first-order chi connectivity index (χ1) is 16.9. The van der Waals surface area contributed by atoms with Crippen molar-refractivity contribution in [3.8, 4) is 5.75 Å². The molecule has 0 radical (unpaired) electrons. The molecule has 1 unspecified atom stereocenters. The molecule has 1 saturated carbocycles. The molecule has 36 heavy (non-hydrogen) atoms. The Morgan fingerprint density at radius 1 is 1.06 bits per heavy atom. The first kappa shape index (κ1) is 27.0. The minimum Gasteiger partial charge on any atom is -0.493 e. The van der Waals surface area contributed by atoms with E-state index in [4.69, 9.17) is 14.2 Å². The number of nitrogens with zero attached hydrogens (tertiary/aromatic N) is 1. The zero-order chi connectivity index (χ0) is 26.1. The summed E-state index contributed by atoms with van der Waals surface area (Å²) in [6.07, 6.45) is -0.788. The van der Waals surface area contributed by atoms with Gasteiger partial charge in [0.15, 0.2) is 0 Å². The average molecular weight is 535 g/mol. The Kier molecular flexibility index (Phi) is 8.06. The van der Waals surface area contributed by atoms with Gasteiger partial charge in [-0.3, -0.25) is 4.90 Å². The molecule has 1 aromatic rings. The molecule has 1 saturated heterocycles. The standard InChI is InChI=1S/C24H33F3N2O6S/c1-15-10-21(28-36(2,31)32)22-14-35-19-6-4-16(5-7-19)17-11-18(24(25,26)27)13-20(12-17)33-8-3-9-34-23(30)29(15)22/h11-13,15-16,19,21-22,28H,3-10,14H2,1-2H3/t15-,16?,19?,21+,22?/m1/s1. The third-order valence-electron chi connectivity index (χ3n) is 7.16. The highest BCUT2D eigenvalue weighted by molar-refractivity contribution is 7.88. The van der Waals surface area contributed by atoms with E-state index in [2.05, 4.69) is 4.72 Å². The number of carbonyl (C=O) groups is 1. The van der Waals surface area contributed by atoms with Gasteiger partial charge >= 0.3 is 12.3 Å². The minimum absolute atomic E-state index is 0.0108. The Bertz CT molecular complexity index is 1040. The number of rotatable bonds is 2. The molecule has 0 spiro atoms. The van der Waals surface area contributed by atoms with Gasteiger partial charge < -0.3 is 14.2 Å². The van der Waals surface area contributed by atoms with Gasteiger partial charge in [0, 0.05) is 18.5 Å². The van der Waals surface area contributed by atoms with Gasteiger partial charge in [-0.15, -0.1) is 0 Å². The first-order valence-electron chi connectivity index (χ1n) is 12.3. The molecule has 3 heterocycles. The second kappa shape index (κ2) is 10.7. The van der Waals surface area contributed by atoms with Crippen LogP contribution >= 0.6 is 0 Å². The largest absolute Gasteiger partial charge is 0.493 e. The third-order valence-corrected chi connectivity index (χ3v) is 7.89. The monoisotopic (exact) mass is 534 g/mol. The van der Waals surface area contributed by atoms with Crippen molar-refractivity contribution in [2.75, 3.05) is 26.1 Å². The average Bonchev–Trinajstić information content (AvgIpc) is 3.09. The Balaban J connectivity index is 1.55. The molecule has 2 fully saturated rings. The van der Waals surface area contributed by atoms with Crippen LogP contribution in [0.5, 0.6) is 5.75 Å². The van der Waals surface area contributed by atoms with Crippen LogP contribution in [0.2, 0.25) is 0 Å². The smallest absolute Gasteiger partial charge is 0.416 e. The van der Waals surface area contributed by atoms with Gasteiger partial charge in [0.2, 0.25) is 10.0 Å². The van der Waals surface area contributed by atoms with Crippen molar-refractivity contribution < 1.29 is 40.6 Å². The quantitative estimate of drug-likeness (QED) is 0.616. The van der Waals surface area contributed by atoms with Crippen molar-refractivity contribution in [3.05, 3.63) is 29.3 Å². The van der Waals surface area contributed by atoms with Crippen molar-refractivity contribution in [1.82, 2.24) is 9.62 Å². The summed E-state index contributed by atoms with van der Waals surface area (Å²) in [5.74, 6) is 0.106.